The second kappa shape index (κ2) is 5.44. The maximum atomic E-state index is 12.2. The summed E-state index contributed by atoms with van der Waals surface area (Å²) in [6.45, 7) is 4.23. The maximum Gasteiger partial charge on any atom is 0.340 e. The van der Waals surface area contributed by atoms with E-state index in [1.807, 2.05) is 68.4 Å². The first-order chi connectivity index (χ1) is 10.2. The molecule has 0 aliphatic carbocycles. The van der Waals surface area contributed by atoms with Crippen LogP contribution in [0, 0.1) is 6.92 Å². The van der Waals surface area contributed by atoms with Gasteiger partial charge in [0.25, 0.3) is 0 Å². The molecule has 0 saturated carbocycles. The summed E-state index contributed by atoms with van der Waals surface area (Å²) in [5, 5.41) is 0. The number of benzene rings is 1. The first-order valence-corrected chi connectivity index (χ1v) is 7.06. The zero-order valence-corrected chi connectivity index (χ0v) is 12.2. The molecule has 0 radical (unpaired) electrons. The quantitative estimate of drug-likeness (QED) is 0.676. The Morgan fingerprint density at radius 2 is 1.86 bits per heavy atom. The van der Waals surface area contributed by atoms with Gasteiger partial charge in [0, 0.05) is 5.69 Å². The van der Waals surface area contributed by atoms with Crippen molar-refractivity contribution < 1.29 is 9.53 Å². The van der Waals surface area contributed by atoms with Gasteiger partial charge in [-0.3, -0.25) is 0 Å². The molecular weight excluding hydrogens is 262 g/mol. The molecule has 0 N–H and O–H groups in total. The molecule has 21 heavy (non-hydrogen) atoms. The van der Waals surface area contributed by atoms with Gasteiger partial charge >= 0.3 is 5.97 Å². The molecule has 0 amide bonds. The average Bonchev–Trinajstić information content (AvgIpc) is 2.89. The van der Waals surface area contributed by atoms with E-state index in [0.29, 0.717) is 12.2 Å². The molecule has 3 aromatic rings. The molecule has 2 aromatic heterocycles. The van der Waals surface area contributed by atoms with Crippen LogP contribution >= 0.6 is 0 Å². The molecule has 3 rings (SSSR count). The predicted molar refractivity (Wildman–Crippen MR) is 83.5 cm³/mol. The molecule has 0 fully saturated rings. The Hall–Kier alpha value is -2.55. The number of hydrogen-bond donors (Lipinski definition) is 0. The second-order valence-corrected chi connectivity index (χ2v) is 4.92. The van der Waals surface area contributed by atoms with Crippen molar-refractivity contribution in [3.05, 3.63) is 65.9 Å². The molecule has 0 bridgehead atoms. The molecule has 0 saturated heterocycles. The average molecular weight is 279 g/mol. The van der Waals surface area contributed by atoms with Gasteiger partial charge in [-0.25, -0.2) is 4.79 Å². The van der Waals surface area contributed by atoms with Crippen LogP contribution in [0.3, 0.4) is 0 Å². The summed E-state index contributed by atoms with van der Waals surface area (Å²) in [6.07, 6.45) is 0. The lowest BCUT2D eigenvalue weighted by atomic mass is 10.1. The monoisotopic (exact) mass is 279 g/mol. The number of fused-ring (bicyclic) bond motifs is 1. The Morgan fingerprint density at radius 1 is 1.10 bits per heavy atom. The van der Waals surface area contributed by atoms with Crippen LogP contribution in [0.1, 0.15) is 23.0 Å². The van der Waals surface area contributed by atoms with Crippen molar-refractivity contribution in [2.24, 2.45) is 0 Å². The molecule has 0 unspecified atom stereocenters. The maximum absolute atomic E-state index is 12.2. The van der Waals surface area contributed by atoms with Crippen LogP contribution in [0.15, 0.2) is 54.6 Å². The number of nitrogens with zero attached hydrogens (tertiary/aromatic N) is 1. The molecule has 1 aromatic carbocycles. The lowest BCUT2D eigenvalue weighted by Crippen LogP contribution is -2.04. The number of carbonyl (C=O) groups excluding carboxylic acids is 1. The van der Waals surface area contributed by atoms with Gasteiger partial charge < -0.3 is 9.14 Å². The highest BCUT2D eigenvalue weighted by molar-refractivity contribution is 5.99. The number of rotatable bonds is 3. The summed E-state index contributed by atoms with van der Waals surface area (Å²) in [4.78, 5) is 12.2. The van der Waals surface area contributed by atoms with Crippen LogP contribution < -0.4 is 0 Å². The third-order valence-corrected chi connectivity index (χ3v) is 3.55. The molecule has 3 heteroatoms. The van der Waals surface area contributed by atoms with E-state index in [-0.39, 0.29) is 5.97 Å². The molecular formula is C18H17NO2. The molecule has 0 aliphatic heterocycles. The first-order valence-electron chi connectivity index (χ1n) is 7.06. The third kappa shape index (κ3) is 2.31. The van der Waals surface area contributed by atoms with Crippen LogP contribution in [-0.2, 0) is 4.74 Å². The van der Waals surface area contributed by atoms with Gasteiger partial charge in [0.15, 0.2) is 0 Å². The number of ether oxygens (including phenoxy) is 1. The molecule has 0 aliphatic rings. The summed E-state index contributed by atoms with van der Waals surface area (Å²) >= 11 is 0. The minimum Gasteiger partial charge on any atom is -0.462 e. The summed E-state index contributed by atoms with van der Waals surface area (Å²) in [7, 11) is 0. The zero-order chi connectivity index (χ0) is 14.8. The summed E-state index contributed by atoms with van der Waals surface area (Å²) in [5.74, 6) is -0.275. The van der Waals surface area contributed by atoms with Gasteiger partial charge in [-0.15, -0.1) is 0 Å². The number of carbonyl (C=O) groups is 1. The topological polar surface area (TPSA) is 30.7 Å². The Labute approximate surface area is 123 Å². The van der Waals surface area contributed by atoms with Crippen molar-refractivity contribution in [3.8, 4) is 11.3 Å². The van der Waals surface area contributed by atoms with Crippen LogP contribution in [0.2, 0.25) is 0 Å². The highest BCUT2D eigenvalue weighted by Crippen LogP contribution is 2.28. The Kier molecular flexibility index (Phi) is 3.48. The normalized spacial score (nSPS) is 10.8. The molecule has 0 spiro atoms. The van der Waals surface area contributed by atoms with Crippen molar-refractivity contribution in [2.75, 3.05) is 6.61 Å². The fourth-order valence-corrected chi connectivity index (χ4v) is 2.62. The smallest absolute Gasteiger partial charge is 0.340 e. The fraction of sp³-hybridized carbons (Fsp3) is 0.167. The standard InChI is InChI=1S/C18H17NO2/c1-3-21-18(20)15-12-17(14-9-5-4-6-10-14)19-13(2)8-7-11-16(15)19/h4-12H,3H2,1-2H3. The van der Waals surface area contributed by atoms with Gasteiger partial charge in [-0.05, 0) is 37.6 Å². The number of aromatic nitrogens is 1. The van der Waals surface area contributed by atoms with Crippen LogP contribution in [0.25, 0.3) is 16.8 Å². The highest BCUT2D eigenvalue weighted by atomic mass is 16.5. The van der Waals surface area contributed by atoms with E-state index in [1.54, 1.807) is 0 Å². The second-order valence-electron chi connectivity index (χ2n) is 4.92. The van der Waals surface area contributed by atoms with Crippen molar-refractivity contribution in [2.45, 2.75) is 13.8 Å². The molecule has 106 valence electrons. The van der Waals surface area contributed by atoms with Crippen LogP contribution in [0.5, 0.6) is 0 Å². The van der Waals surface area contributed by atoms with E-state index < -0.39 is 0 Å². The molecule has 0 atom stereocenters. The van der Waals surface area contributed by atoms with Crippen molar-refractivity contribution in [1.82, 2.24) is 4.40 Å². The minimum absolute atomic E-state index is 0.275. The highest BCUT2D eigenvalue weighted by Gasteiger charge is 2.17. The zero-order valence-electron chi connectivity index (χ0n) is 12.2. The summed E-state index contributed by atoms with van der Waals surface area (Å²) in [6, 6.07) is 17.9. The van der Waals surface area contributed by atoms with Gasteiger partial charge in [-0.1, -0.05) is 36.4 Å². The van der Waals surface area contributed by atoms with E-state index in [0.717, 1.165) is 22.5 Å². The minimum atomic E-state index is -0.275. The van der Waals surface area contributed by atoms with E-state index in [4.69, 9.17) is 4.74 Å². The molecule has 2 heterocycles. The fourth-order valence-electron chi connectivity index (χ4n) is 2.62. The number of aryl methyl sites for hydroxylation is 1. The third-order valence-electron chi connectivity index (χ3n) is 3.55. The lowest BCUT2D eigenvalue weighted by Gasteiger charge is -2.06. The van der Waals surface area contributed by atoms with Gasteiger partial charge in [0.05, 0.1) is 23.4 Å². The SMILES string of the molecule is CCOC(=O)c1cc(-c2ccccc2)n2c(C)cccc12. The van der Waals surface area contributed by atoms with Gasteiger partial charge in [0.1, 0.15) is 0 Å². The van der Waals surface area contributed by atoms with Gasteiger partial charge in [0.2, 0.25) is 0 Å². The van der Waals surface area contributed by atoms with Crippen LogP contribution in [0.4, 0.5) is 0 Å². The summed E-state index contributed by atoms with van der Waals surface area (Å²) < 4.78 is 7.27. The number of pyridine rings is 1. The van der Waals surface area contributed by atoms with Gasteiger partial charge in [-0.2, -0.15) is 0 Å². The molecule has 3 nitrogen and oxygen atoms in total. The van der Waals surface area contributed by atoms with E-state index in [9.17, 15) is 4.79 Å². The van der Waals surface area contributed by atoms with Crippen molar-refractivity contribution in [3.63, 3.8) is 0 Å². The van der Waals surface area contributed by atoms with E-state index in [2.05, 4.69) is 4.40 Å². The first kappa shape index (κ1) is 13.4. The summed E-state index contributed by atoms with van der Waals surface area (Å²) in [5.41, 5.74) is 4.66. The van der Waals surface area contributed by atoms with Crippen LogP contribution in [-0.4, -0.2) is 17.0 Å². The van der Waals surface area contributed by atoms with Crippen molar-refractivity contribution >= 4 is 11.5 Å². The number of esters is 1. The Bertz CT molecular complexity index is 788. The largest absolute Gasteiger partial charge is 0.462 e. The number of hydrogen-bond acceptors (Lipinski definition) is 2. The van der Waals surface area contributed by atoms with E-state index >= 15 is 0 Å². The predicted octanol–water partition coefficient (Wildman–Crippen LogP) is 4.09. The van der Waals surface area contributed by atoms with Crippen molar-refractivity contribution in [1.29, 1.82) is 0 Å². The van der Waals surface area contributed by atoms with E-state index in [1.165, 1.54) is 0 Å². The Morgan fingerprint density at radius 3 is 2.57 bits per heavy atom. The lowest BCUT2D eigenvalue weighted by molar-refractivity contribution is 0.0529. The Balaban J connectivity index is 2.28.